The Morgan fingerprint density at radius 1 is 1.43 bits per heavy atom. The summed E-state index contributed by atoms with van der Waals surface area (Å²) in [5.74, 6) is -0.186. The van der Waals surface area contributed by atoms with Crippen LogP contribution in [0.2, 0.25) is 0 Å². The van der Waals surface area contributed by atoms with Gasteiger partial charge in [0.2, 0.25) is 5.75 Å². The van der Waals surface area contributed by atoms with Gasteiger partial charge in [0.25, 0.3) is 11.5 Å². The van der Waals surface area contributed by atoms with E-state index >= 15 is 0 Å². The van der Waals surface area contributed by atoms with E-state index in [1.165, 1.54) is 11.3 Å². The Morgan fingerprint density at radius 2 is 2.26 bits per heavy atom. The molecule has 3 heterocycles. The third kappa shape index (κ3) is 3.11. The highest BCUT2D eigenvalue weighted by molar-refractivity contribution is 7.13. The molecule has 0 aliphatic carbocycles. The number of carbonyl (C=O) groups excluding carboxylic acids is 1. The second-order valence-corrected chi connectivity index (χ2v) is 5.56. The number of hydrogen-bond donors (Lipinski definition) is 4. The molecule has 0 atom stereocenters. The molecule has 3 rings (SSSR count). The smallest absolute Gasteiger partial charge is 0.294 e. The third-order valence-electron chi connectivity index (χ3n) is 2.92. The molecule has 0 fully saturated rings. The minimum Gasteiger partial charge on any atom is -0.501 e. The van der Waals surface area contributed by atoms with Crippen molar-refractivity contribution in [2.24, 2.45) is 0 Å². The Morgan fingerprint density at radius 3 is 2.91 bits per heavy atom. The van der Waals surface area contributed by atoms with Crippen LogP contribution in [0.3, 0.4) is 0 Å². The lowest BCUT2D eigenvalue weighted by Gasteiger charge is -2.05. The van der Waals surface area contributed by atoms with Gasteiger partial charge in [-0.05, 0) is 18.4 Å². The van der Waals surface area contributed by atoms with E-state index in [0.717, 1.165) is 0 Å². The summed E-state index contributed by atoms with van der Waals surface area (Å²) >= 11 is 1.35. The predicted octanol–water partition coefficient (Wildman–Crippen LogP) is 0.561. The van der Waals surface area contributed by atoms with Crippen LogP contribution in [0.1, 0.15) is 22.1 Å². The van der Waals surface area contributed by atoms with Gasteiger partial charge in [-0.1, -0.05) is 6.07 Å². The van der Waals surface area contributed by atoms with Gasteiger partial charge in [-0.3, -0.25) is 14.7 Å². The molecule has 0 aliphatic rings. The first-order chi connectivity index (χ1) is 11.0. The zero-order valence-corrected chi connectivity index (χ0v) is 12.8. The number of hydrogen-bond acceptors (Lipinski definition) is 7. The lowest BCUT2D eigenvalue weighted by atomic mass is 10.3. The summed E-state index contributed by atoms with van der Waals surface area (Å²) in [4.78, 5) is 35.2. The molecule has 118 valence electrons. The van der Waals surface area contributed by atoms with E-state index in [1.807, 2.05) is 5.38 Å². The summed E-state index contributed by atoms with van der Waals surface area (Å²) in [6, 6.07) is 3.54. The molecule has 0 radical (unpaired) electrons. The van der Waals surface area contributed by atoms with Crippen LogP contribution in [0.15, 0.2) is 22.3 Å². The van der Waals surface area contributed by atoms with Crippen LogP contribution in [-0.4, -0.2) is 36.2 Å². The molecule has 0 aliphatic heterocycles. The van der Waals surface area contributed by atoms with Crippen LogP contribution in [0.5, 0.6) is 5.75 Å². The maximum atomic E-state index is 12.2. The van der Waals surface area contributed by atoms with Crippen LogP contribution in [-0.2, 0) is 6.54 Å². The lowest BCUT2D eigenvalue weighted by molar-refractivity contribution is 0.0941. The van der Waals surface area contributed by atoms with Crippen molar-refractivity contribution in [1.82, 2.24) is 30.5 Å². The van der Waals surface area contributed by atoms with Crippen molar-refractivity contribution in [2.45, 2.75) is 13.5 Å². The van der Waals surface area contributed by atoms with Crippen LogP contribution >= 0.6 is 11.3 Å². The van der Waals surface area contributed by atoms with Gasteiger partial charge in [-0.2, -0.15) is 5.10 Å². The van der Waals surface area contributed by atoms with Crippen molar-refractivity contribution in [1.29, 1.82) is 0 Å². The van der Waals surface area contributed by atoms with E-state index in [4.69, 9.17) is 0 Å². The van der Waals surface area contributed by atoms with Gasteiger partial charge in [-0.25, -0.2) is 9.97 Å². The summed E-state index contributed by atoms with van der Waals surface area (Å²) in [5, 5.41) is 20.6. The van der Waals surface area contributed by atoms with Crippen LogP contribution < -0.4 is 10.9 Å². The van der Waals surface area contributed by atoms with Crippen molar-refractivity contribution < 1.29 is 9.90 Å². The zero-order chi connectivity index (χ0) is 16.4. The molecule has 3 aromatic heterocycles. The van der Waals surface area contributed by atoms with Gasteiger partial charge in [0.05, 0.1) is 11.4 Å². The van der Waals surface area contributed by atoms with E-state index in [1.54, 1.807) is 19.1 Å². The SMILES string of the molecule is Cc1nc(CNC(=O)c2nc(-c3cccs3)[nH]c(=O)c2O)n[nH]1. The number of aromatic hydroxyl groups is 1. The van der Waals surface area contributed by atoms with E-state index in [-0.39, 0.29) is 18.1 Å². The summed E-state index contributed by atoms with van der Waals surface area (Å²) < 4.78 is 0. The van der Waals surface area contributed by atoms with E-state index in [0.29, 0.717) is 16.5 Å². The standard InChI is InChI=1S/C13H12N6O3S/c1-6-15-8(19-18-6)5-14-12(21)9-10(20)13(22)17-11(16-9)7-3-2-4-23-7/h2-4,20H,5H2,1H3,(H,14,21)(H,15,18,19)(H,16,17,22). The number of carbonyl (C=O) groups is 1. The molecule has 9 nitrogen and oxygen atoms in total. The molecule has 3 aromatic rings. The van der Waals surface area contributed by atoms with Gasteiger partial charge in [0.1, 0.15) is 5.82 Å². The fourth-order valence-electron chi connectivity index (χ4n) is 1.87. The molecular formula is C13H12N6O3S. The van der Waals surface area contributed by atoms with Gasteiger partial charge in [-0.15, -0.1) is 11.3 Å². The number of amides is 1. The highest BCUT2D eigenvalue weighted by Crippen LogP contribution is 2.21. The quantitative estimate of drug-likeness (QED) is 0.551. The van der Waals surface area contributed by atoms with Crippen molar-refractivity contribution in [3.05, 3.63) is 45.2 Å². The number of H-pyrrole nitrogens is 2. The van der Waals surface area contributed by atoms with Gasteiger partial charge in [0, 0.05) is 0 Å². The third-order valence-corrected chi connectivity index (χ3v) is 3.79. The number of aromatic amines is 2. The normalized spacial score (nSPS) is 10.7. The Kier molecular flexibility index (Phi) is 3.89. The molecule has 0 bridgehead atoms. The zero-order valence-electron chi connectivity index (χ0n) is 12.0. The molecule has 1 amide bonds. The van der Waals surface area contributed by atoms with Crippen LogP contribution in [0.4, 0.5) is 0 Å². The van der Waals surface area contributed by atoms with Crippen molar-refractivity contribution in [3.8, 4) is 16.5 Å². The molecule has 4 N–H and O–H groups in total. The topological polar surface area (TPSA) is 137 Å². The fraction of sp³-hybridized carbons (Fsp3) is 0.154. The van der Waals surface area contributed by atoms with E-state index in [2.05, 4.69) is 30.5 Å². The van der Waals surface area contributed by atoms with E-state index in [9.17, 15) is 14.7 Å². The summed E-state index contributed by atoms with van der Waals surface area (Å²) in [6.45, 7) is 1.78. The fourth-order valence-corrected chi connectivity index (χ4v) is 2.54. The van der Waals surface area contributed by atoms with Gasteiger partial charge < -0.3 is 15.4 Å². The highest BCUT2D eigenvalue weighted by atomic mass is 32.1. The summed E-state index contributed by atoms with van der Waals surface area (Å²) in [5.41, 5.74) is -1.12. The molecule has 0 aromatic carbocycles. The minimum atomic E-state index is -0.776. The maximum absolute atomic E-state index is 12.2. The molecular weight excluding hydrogens is 320 g/mol. The van der Waals surface area contributed by atoms with Gasteiger partial charge in [0.15, 0.2) is 17.3 Å². The number of nitrogens with zero attached hydrogens (tertiary/aromatic N) is 3. The first-order valence-corrected chi connectivity index (χ1v) is 7.46. The molecule has 0 saturated heterocycles. The average molecular weight is 332 g/mol. The second-order valence-electron chi connectivity index (χ2n) is 4.61. The second kappa shape index (κ2) is 6.01. The number of rotatable bonds is 4. The predicted molar refractivity (Wildman–Crippen MR) is 82.1 cm³/mol. The van der Waals surface area contributed by atoms with Crippen molar-refractivity contribution in [2.75, 3.05) is 0 Å². The molecule has 0 saturated carbocycles. The molecule has 10 heteroatoms. The molecule has 0 unspecified atom stereocenters. The average Bonchev–Trinajstić information content (AvgIpc) is 3.19. The maximum Gasteiger partial charge on any atom is 0.294 e. The first-order valence-electron chi connectivity index (χ1n) is 6.58. The number of nitrogens with one attached hydrogen (secondary N) is 3. The lowest BCUT2D eigenvalue weighted by Crippen LogP contribution is -2.27. The van der Waals surface area contributed by atoms with E-state index < -0.39 is 17.2 Å². The number of aromatic nitrogens is 5. The largest absolute Gasteiger partial charge is 0.501 e. The molecule has 23 heavy (non-hydrogen) atoms. The minimum absolute atomic E-state index is 0.0471. The van der Waals surface area contributed by atoms with Crippen LogP contribution in [0, 0.1) is 6.92 Å². The molecule has 0 spiro atoms. The Hall–Kier alpha value is -3.01. The van der Waals surface area contributed by atoms with Crippen LogP contribution in [0.25, 0.3) is 10.7 Å². The summed E-state index contributed by atoms with van der Waals surface area (Å²) in [6.07, 6.45) is 0. The van der Waals surface area contributed by atoms with Crippen molar-refractivity contribution in [3.63, 3.8) is 0 Å². The monoisotopic (exact) mass is 332 g/mol. The number of thiophene rings is 1. The Labute approximate surface area is 133 Å². The highest BCUT2D eigenvalue weighted by Gasteiger charge is 2.19. The van der Waals surface area contributed by atoms with Crippen molar-refractivity contribution >= 4 is 17.2 Å². The first kappa shape index (κ1) is 14.9. The van der Waals surface area contributed by atoms with Gasteiger partial charge >= 0.3 is 0 Å². The summed E-state index contributed by atoms with van der Waals surface area (Å²) in [7, 11) is 0. The Balaban J connectivity index is 1.86. The number of aryl methyl sites for hydroxylation is 1. The Bertz CT molecular complexity index is 899.